The number of fused-ring (bicyclic) bond motifs is 1. The van der Waals surface area contributed by atoms with Crippen molar-refractivity contribution in [2.75, 3.05) is 0 Å². The van der Waals surface area contributed by atoms with Crippen molar-refractivity contribution < 1.29 is 23.1 Å². The Bertz CT molecular complexity index is 1590. The molecule has 0 fully saturated rings. The van der Waals surface area contributed by atoms with Gasteiger partial charge < -0.3 is 9.84 Å². The number of ketones is 1. The molecule has 5 rings (SSSR count). The number of phenols is 1. The van der Waals surface area contributed by atoms with Crippen LogP contribution in [0.1, 0.15) is 16.1 Å². The van der Waals surface area contributed by atoms with Crippen LogP contribution >= 0.6 is 0 Å². The molecule has 4 aromatic carbocycles. The minimum atomic E-state index is -4.08. The van der Waals surface area contributed by atoms with Gasteiger partial charge in [-0.25, -0.2) is 12.4 Å². The first-order valence-electron chi connectivity index (χ1n) is 10.5. The second-order valence-electron chi connectivity index (χ2n) is 7.62. The van der Waals surface area contributed by atoms with Gasteiger partial charge in [0.1, 0.15) is 22.9 Å². The van der Waals surface area contributed by atoms with Crippen molar-refractivity contribution in [3.05, 3.63) is 120 Å². The normalized spacial score (nSPS) is 11.4. The third-order valence-corrected chi connectivity index (χ3v) is 7.09. The van der Waals surface area contributed by atoms with Crippen molar-refractivity contribution in [2.45, 2.75) is 4.90 Å². The largest absolute Gasteiger partial charge is 0.508 e. The summed E-state index contributed by atoms with van der Waals surface area (Å²) in [5.41, 5.74) is 0.576. The van der Waals surface area contributed by atoms with Crippen LogP contribution in [-0.4, -0.2) is 23.3 Å². The fraction of sp³-hybridized carbons (Fsp3) is 0. The van der Waals surface area contributed by atoms with Gasteiger partial charge in [0.15, 0.2) is 0 Å². The van der Waals surface area contributed by atoms with Crippen molar-refractivity contribution >= 4 is 26.7 Å². The van der Waals surface area contributed by atoms with Crippen LogP contribution in [-0.2, 0) is 10.0 Å². The Hall–Kier alpha value is -4.36. The summed E-state index contributed by atoms with van der Waals surface area (Å²) in [6.45, 7) is 0. The van der Waals surface area contributed by atoms with Crippen LogP contribution in [0.2, 0.25) is 0 Å². The molecule has 34 heavy (non-hydrogen) atoms. The number of ether oxygens (including phenoxy) is 1. The number of phenolic OH excluding ortho intramolecular Hbond substituents is 1. The fourth-order valence-electron chi connectivity index (χ4n) is 3.74. The zero-order chi connectivity index (χ0) is 23.7. The van der Waals surface area contributed by atoms with Gasteiger partial charge in [-0.15, -0.1) is 0 Å². The molecule has 6 nitrogen and oxygen atoms in total. The SMILES string of the molecule is O=C(c1ccc(Oc2ccccc2)cc1)c1cc2cc(O)ccc2n1S(=O)(=O)c1ccccc1. The molecule has 0 amide bonds. The lowest BCUT2D eigenvalue weighted by atomic mass is 10.1. The predicted octanol–water partition coefficient (Wildman–Crippen LogP) is 5.61. The Kier molecular flexibility index (Phi) is 5.39. The van der Waals surface area contributed by atoms with Crippen molar-refractivity contribution in [1.29, 1.82) is 0 Å². The van der Waals surface area contributed by atoms with E-state index in [9.17, 15) is 18.3 Å². The van der Waals surface area contributed by atoms with Crippen molar-refractivity contribution in [3.63, 3.8) is 0 Å². The first-order valence-corrected chi connectivity index (χ1v) is 11.9. The minimum absolute atomic E-state index is 0.0248. The molecule has 1 N–H and O–H groups in total. The lowest BCUT2D eigenvalue weighted by Gasteiger charge is -2.12. The molecule has 0 radical (unpaired) electrons. The zero-order valence-corrected chi connectivity index (χ0v) is 18.6. The van der Waals surface area contributed by atoms with Gasteiger partial charge in [0.25, 0.3) is 10.0 Å². The minimum Gasteiger partial charge on any atom is -0.508 e. The summed E-state index contributed by atoms with van der Waals surface area (Å²) in [7, 11) is -4.08. The molecule has 0 bridgehead atoms. The zero-order valence-electron chi connectivity index (χ0n) is 17.8. The average Bonchev–Trinajstić information content (AvgIpc) is 3.24. The molecule has 0 aliphatic rings. The number of carbonyl (C=O) groups is 1. The van der Waals surface area contributed by atoms with Gasteiger partial charge in [-0.05, 0) is 72.8 Å². The molecule has 1 aromatic heterocycles. The first kappa shape index (κ1) is 21.5. The summed E-state index contributed by atoms with van der Waals surface area (Å²) in [5, 5.41) is 10.3. The molecule has 0 aliphatic carbocycles. The van der Waals surface area contributed by atoms with E-state index in [2.05, 4.69) is 0 Å². The molecule has 5 aromatic rings. The van der Waals surface area contributed by atoms with E-state index in [0.717, 1.165) is 3.97 Å². The lowest BCUT2D eigenvalue weighted by molar-refractivity contribution is 0.103. The van der Waals surface area contributed by atoms with Gasteiger partial charge in [0.05, 0.1) is 10.4 Å². The van der Waals surface area contributed by atoms with E-state index in [-0.39, 0.29) is 16.3 Å². The molecule has 0 aliphatic heterocycles. The van der Waals surface area contributed by atoms with Gasteiger partial charge in [-0.1, -0.05) is 36.4 Å². The van der Waals surface area contributed by atoms with Crippen LogP contribution in [0.15, 0.2) is 114 Å². The molecular weight excluding hydrogens is 450 g/mol. The molecule has 0 saturated carbocycles. The lowest BCUT2D eigenvalue weighted by Crippen LogP contribution is -2.19. The second-order valence-corrected chi connectivity index (χ2v) is 9.41. The average molecular weight is 470 g/mol. The molecular formula is C27H19NO5S. The van der Waals surface area contributed by atoms with Gasteiger partial charge >= 0.3 is 0 Å². The number of hydrogen-bond acceptors (Lipinski definition) is 5. The number of aromatic nitrogens is 1. The Morgan fingerprint density at radius 3 is 2.03 bits per heavy atom. The Labute approximate surface area is 196 Å². The van der Waals surface area contributed by atoms with Crippen molar-refractivity contribution in [1.82, 2.24) is 3.97 Å². The standard InChI is InChI=1S/C27H19NO5S/c29-21-13-16-25-20(17-21)18-26(28(25)34(31,32)24-9-5-2-6-10-24)27(30)19-11-14-23(15-12-19)33-22-7-3-1-4-8-22/h1-18,29H. The molecule has 1 heterocycles. The van der Waals surface area contributed by atoms with Crippen LogP contribution < -0.4 is 4.74 Å². The maximum atomic E-state index is 13.5. The van der Waals surface area contributed by atoms with Gasteiger partial charge in [0, 0.05) is 10.9 Å². The number of hydrogen-bond donors (Lipinski definition) is 1. The number of carbonyl (C=O) groups excluding carboxylic acids is 1. The van der Waals surface area contributed by atoms with Crippen LogP contribution in [0.3, 0.4) is 0 Å². The van der Waals surface area contributed by atoms with E-state index in [4.69, 9.17) is 4.74 Å². The summed E-state index contributed by atoms with van der Waals surface area (Å²) in [4.78, 5) is 13.5. The van der Waals surface area contributed by atoms with Crippen molar-refractivity contribution in [3.8, 4) is 17.2 Å². The van der Waals surface area contributed by atoms with Gasteiger partial charge in [-0.3, -0.25) is 4.79 Å². The van der Waals surface area contributed by atoms with Gasteiger partial charge in [0.2, 0.25) is 5.78 Å². The summed E-state index contributed by atoms with van der Waals surface area (Å²) in [5.74, 6) is 0.713. The summed E-state index contributed by atoms with van der Waals surface area (Å²) < 4.78 is 33.9. The summed E-state index contributed by atoms with van der Waals surface area (Å²) in [6, 6.07) is 29.4. The second kappa shape index (κ2) is 8.53. The third-order valence-electron chi connectivity index (χ3n) is 5.35. The smallest absolute Gasteiger partial charge is 0.268 e. The van der Waals surface area contributed by atoms with E-state index < -0.39 is 15.8 Å². The number of aromatic hydroxyl groups is 1. The van der Waals surface area contributed by atoms with E-state index >= 15 is 0 Å². The highest BCUT2D eigenvalue weighted by Crippen LogP contribution is 2.30. The number of benzene rings is 4. The maximum absolute atomic E-state index is 13.5. The number of para-hydroxylation sites is 1. The number of rotatable bonds is 6. The highest BCUT2D eigenvalue weighted by Gasteiger charge is 2.27. The highest BCUT2D eigenvalue weighted by molar-refractivity contribution is 7.90. The van der Waals surface area contributed by atoms with Crippen molar-refractivity contribution in [2.24, 2.45) is 0 Å². The van der Waals surface area contributed by atoms with E-state index in [0.29, 0.717) is 28.0 Å². The van der Waals surface area contributed by atoms with Crippen LogP contribution in [0, 0.1) is 0 Å². The molecule has 0 atom stereocenters. The predicted molar refractivity (Wildman–Crippen MR) is 129 cm³/mol. The first-order chi connectivity index (χ1) is 16.4. The Morgan fingerprint density at radius 1 is 0.735 bits per heavy atom. The topological polar surface area (TPSA) is 85.6 Å². The Balaban J connectivity index is 1.58. The van der Waals surface area contributed by atoms with Gasteiger partial charge in [-0.2, -0.15) is 0 Å². The molecule has 0 spiro atoms. The van der Waals surface area contributed by atoms with Crippen LogP contribution in [0.4, 0.5) is 0 Å². The maximum Gasteiger partial charge on any atom is 0.268 e. The quantitative estimate of drug-likeness (QED) is 0.327. The summed E-state index contributed by atoms with van der Waals surface area (Å²) in [6.07, 6.45) is 0. The molecule has 168 valence electrons. The third kappa shape index (κ3) is 3.93. The van der Waals surface area contributed by atoms with E-state index in [1.807, 2.05) is 30.3 Å². The highest BCUT2D eigenvalue weighted by atomic mass is 32.2. The Morgan fingerprint density at radius 2 is 1.35 bits per heavy atom. The summed E-state index contributed by atoms with van der Waals surface area (Å²) >= 11 is 0. The fourth-order valence-corrected chi connectivity index (χ4v) is 5.27. The van der Waals surface area contributed by atoms with Crippen LogP contribution in [0.25, 0.3) is 10.9 Å². The molecule has 0 saturated heterocycles. The molecule has 0 unspecified atom stereocenters. The van der Waals surface area contributed by atoms with E-state index in [1.165, 1.54) is 36.4 Å². The monoisotopic (exact) mass is 469 g/mol. The van der Waals surface area contributed by atoms with E-state index in [1.54, 1.807) is 42.5 Å². The number of nitrogens with zero attached hydrogens (tertiary/aromatic N) is 1. The van der Waals surface area contributed by atoms with Crippen LogP contribution in [0.5, 0.6) is 17.2 Å². The molecule has 7 heteroatoms.